The topological polar surface area (TPSA) is 64.2 Å². The minimum absolute atomic E-state index is 0.0146. The first kappa shape index (κ1) is 13.8. The van der Waals surface area contributed by atoms with Gasteiger partial charge >= 0.3 is 0 Å². The lowest BCUT2D eigenvalue weighted by molar-refractivity contribution is 0.186. The number of nitrogens with two attached hydrogens (primary N) is 1. The maximum absolute atomic E-state index is 14.1. The van der Waals surface area contributed by atoms with Crippen molar-refractivity contribution in [1.82, 2.24) is 14.5 Å². The Bertz CT molecular complexity index is 780. The van der Waals surface area contributed by atoms with Gasteiger partial charge in [-0.1, -0.05) is 0 Å². The van der Waals surface area contributed by atoms with Crippen LogP contribution in [0.25, 0.3) is 11.0 Å². The molecule has 0 radical (unpaired) electrons. The molecule has 0 saturated carbocycles. The van der Waals surface area contributed by atoms with E-state index in [9.17, 15) is 9.18 Å². The molecule has 1 unspecified atom stereocenters. The monoisotopic (exact) mass is 302 g/mol. The van der Waals surface area contributed by atoms with Gasteiger partial charge in [0.15, 0.2) is 0 Å². The van der Waals surface area contributed by atoms with E-state index in [1.165, 1.54) is 12.3 Å². The van der Waals surface area contributed by atoms with Crippen LogP contribution in [0.5, 0.6) is 0 Å². The molecule has 116 valence electrons. The van der Waals surface area contributed by atoms with Crippen LogP contribution in [0.2, 0.25) is 0 Å². The Labute approximate surface area is 127 Å². The van der Waals surface area contributed by atoms with Gasteiger partial charge in [0.05, 0.1) is 23.3 Å². The summed E-state index contributed by atoms with van der Waals surface area (Å²) in [5.74, 6) is -0.310. The second-order valence-corrected chi connectivity index (χ2v) is 6.36. The molecule has 0 aliphatic carbocycles. The average Bonchev–Trinajstić information content (AvgIpc) is 2.89. The Kier molecular flexibility index (Phi) is 3.23. The normalized spacial score (nSPS) is 22.5. The third-order valence-electron chi connectivity index (χ3n) is 4.90. The molecule has 0 amide bonds. The fourth-order valence-electron chi connectivity index (χ4n) is 3.73. The van der Waals surface area contributed by atoms with Crippen LogP contribution in [-0.4, -0.2) is 40.1 Å². The van der Waals surface area contributed by atoms with Crippen LogP contribution in [0.1, 0.15) is 24.4 Å². The van der Waals surface area contributed by atoms with Crippen LogP contribution >= 0.6 is 0 Å². The first-order valence-corrected chi connectivity index (χ1v) is 7.80. The van der Waals surface area contributed by atoms with Gasteiger partial charge in [0.1, 0.15) is 5.82 Å². The Balaban J connectivity index is 1.70. The van der Waals surface area contributed by atoms with Crippen LogP contribution in [0, 0.1) is 5.82 Å². The van der Waals surface area contributed by atoms with E-state index in [4.69, 9.17) is 5.73 Å². The summed E-state index contributed by atoms with van der Waals surface area (Å²) in [4.78, 5) is 18.7. The van der Waals surface area contributed by atoms with Crippen LogP contribution in [-0.2, 0) is 6.42 Å². The van der Waals surface area contributed by atoms with E-state index < -0.39 is 0 Å². The molecule has 5 nitrogen and oxygen atoms in total. The van der Waals surface area contributed by atoms with Crippen LogP contribution in [0.4, 0.5) is 4.39 Å². The molecular formula is C16H19FN4O. The maximum Gasteiger partial charge on any atom is 0.251 e. The van der Waals surface area contributed by atoms with E-state index in [2.05, 4.69) is 9.88 Å². The fourth-order valence-corrected chi connectivity index (χ4v) is 3.73. The fraction of sp³-hybridized carbons (Fsp3) is 0.500. The van der Waals surface area contributed by atoms with Crippen molar-refractivity contribution in [2.24, 2.45) is 5.73 Å². The van der Waals surface area contributed by atoms with E-state index in [0.717, 1.165) is 32.5 Å². The minimum atomic E-state index is -0.310. The standard InChI is InChI=1S/C16H19FN4O/c17-13-8-19-14-1-2-15(22)21-11(7-12(13)16(14)21)9-20-5-3-10(18)4-6-20/h1-2,8,10-11H,3-7,9,18H2. The van der Waals surface area contributed by atoms with Crippen LogP contribution in [0.3, 0.4) is 0 Å². The number of hydrogen-bond acceptors (Lipinski definition) is 4. The third-order valence-corrected chi connectivity index (χ3v) is 4.90. The molecule has 0 spiro atoms. The summed E-state index contributed by atoms with van der Waals surface area (Å²) in [6, 6.07) is 3.48. The molecular weight excluding hydrogens is 283 g/mol. The number of piperidine rings is 1. The van der Waals surface area contributed by atoms with Crippen LogP contribution < -0.4 is 11.3 Å². The average molecular weight is 302 g/mol. The van der Waals surface area contributed by atoms with Crippen molar-refractivity contribution in [1.29, 1.82) is 0 Å². The molecule has 2 aliphatic heterocycles. The van der Waals surface area contributed by atoms with Gasteiger partial charge in [0, 0.05) is 24.2 Å². The summed E-state index contributed by atoms with van der Waals surface area (Å²) in [7, 11) is 0. The zero-order valence-electron chi connectivity index (χ0n) is 12.3. The second kappa shape index (κ2) is 5.14. The summed E-state index contributed by atoms with van der Waals surface area (Å²) in [6.07, 6.45) is 3.78. The van der Waals surface area contributed by atoms with Gasteiger partial charge in [-0.15, -0.1) is 0 Å². The molecule has 0 bridgehead atoms. The van der Waals surface area contributed by atoms with Gasteiger partial charge in [-0.05, 0) is 38.4 Å². The number of likely N-dealkylation sites (tertiary alicyclic amines) is 1. The van der Waals surface area contributed by atoms with E-state index in [-0.39, 0.29) is 23.5 Å². The molecule has 2 aromatic heterocycles. The van der Waals surface area contributed by atoms with E-state index >= 15 is 0 Å². The van der Waals surface area contributed by atoms with Gasteiger partial charge in [0.2, 0.25) is 0 Å². The number of nitrogens with zero attached hydrogens (tertiary/aromatic N) is 3. The summed E-state index contributed by atoms with van der Waals surface area (Å²) < 4.78 is 15.8. The molecule has 4 heterocycles. The Hall–Kier alpha value is -1.79. The molecule has 1 saturated heterocycles. The van der Waals surface area contributed by atoms with Gasteiger partial charge < -0.3 is 15.2 Å². The SMILES string of the molecule is NC1CCN(CC2Cc3c(F)cnc4ccc(=O)n2c34)CC1. The Morgan fingerprint density at radius 3 is 2.86 bits per heavy atom. The lowest BCUT2D eigenvalue weighted by Gasteiger charge is -2.32. The van der Waals surface area contributed by atoms with Gasteiger partial charge in [-0.3, -0.25) is 9.78 Å². The smallest absolute Gasteiger partial charge is 0.251 e. The lowest BCUT2D eigenvalue weighted by atomic mass is 10.0. The molecule has 2 N–H and O–H groups in total. The summed E-state index contributed by atoms with van der Waals surface area (Å²) in [5.41, 5.74) is 7.86. The molecule has 2 aromatic rings. The van der Waals surface area contributed by atoms with E-state index in [1.807, 2.05) is 0 Å². The van der Waals surface area contributed by atoms with Crippen molar-refractivity contribution in [2.75, 3.05) is 19.6 Å². The zero-order chi connectivity index (χ0) is 15.3. The first-order chi connectivity index (χ1) is 10.6. The molecule has 0 aromatic carbocycles. The van der Waals surface area contributed by atoms with Crippen molar-refractivity contribution in [3.05, 3.63) is 40.1 Å². The molecule has 1 fully saturated rings. The predicted octanol–water partition coefficient (Wildman–Crippen LogP) is 1.06. The van der Waals surface area contributed by atoms with Gasteiger partial charge in [0.25, 0.3) is 5.56 Å². The Morgan fingerprint density at radius 2 is 2.09 bits per heavy atom. The molecule has 2 aliphatic rings. The van der Waals surface area contributed by atoms with Gasteiger partial charge in [-0.2, -0.15) is 0 Å². The highest BCUT2D eigenvalue weighted by Gasteiger charge is 2.30. The number of pyridine rings is 2. The highest BCUT2D eigenvalue weighted by Crippen LogP contribution is 2.32. The predicted molar refractivity (Wildman–Crippen MR) is 82.4 cm³/mol. The molecule has 22 heavy (non-hydrogen) atoms. The highest BCUT2D eigenvalue weighted by atomic mass is 19.1. The largest absolute Gasteiger partial charge is 0.328 e. The first-order valence-electron chi connectivity index (χ1n) is 7.80. The van der Waals surface area contributed by atoms with Crippen molar-refractivity contribution < 1.29 is 4.39 Å². The van der Waals surface area contributed by atoms with Crippen molar-refractivity contribution in [2.45, 2.75) is 31.3 Å². The number of aromatic nitrogens is 2. The zero-order valence-corrected chi connectivity index (χ0v) is 12.3. The van der Waals surface area contributed by atoms with Crippen molar-refractivity contribution in [3.8, 4) is 0 Å². The van der Waals surface area contributed by atoms with E-state index in [0.29, 0.717) is 23.0 Å². The number of halogens is 1. The third kappa shape index (κ3) is 2.14. The minimum Gasteiger partial charge on any atom is -0.328 e. The summed E-state index contributed by atoms with van der Waals surface area (Å²) in [6.45, 7) is 2.65. The van der Waals surface area contributed by atoms with Gasteiger partial charge in [-0.25, -0.2) is 4.39 Å². The van der Waals surface area contributed by atoms with Crippen molar-refractivity contribution in [3.63, 3.8) is 0 Å². The Morgan fingerprint density at radius 1 is 1.32 bits per heavy atom. The van der Waals surface area contributed by atoms with E-state index in [1.54, 1.807) is 10.6 Å². The summed E-state index contributed by atoms with van der Waals surface area (Å²) >= 11 is 0. The quantitative estimate of drug-likeness (QED) is 0.901. The lowest BCUT2D eigenvalue weighted by Crippen LogP contribution is -2.42. The molecule has 1 atom stereocenters. The highest BCUT2D eigenvalue weighted by molar-refractivity contribution is 5.80. The van der Waals surface area contributed by atoms with Crippen LogP contribution in [0.15, 0.2) is 23.1 Å². The van der Waals surface area contributed by atoms with Crippen molar-refractivity contribution >= 4 is 11.0 Å². The second-order valence-electron chi connectivity index (χ2n) is 6.36. The molecule has 6 heteroatoms. The summed E-state index contributed by atoms with van der Waals surface area (Å²) in [5, 5.41) is 0. The molecule has 4 rings (SSSR count). The maximum atomic E-state index is 14.1. The number of rotatable bonds is 2. The number of hydrogen-bond donors (Lipinski definition) is 1.